The minimum Gasteiger partial charge on any atom is -0.493 e. The average molecular weight is 246 g/mol. The number of para-hydroxylation sites is 1. The van der Waals surface area contributed by atoms with Gasteiger partial charge in [-0.2, -0.15) is 5.10 Å². The standard InChI is InChI=1S/C13H14N2O3/c1-8-10(13(16)15-14-8)7-9-5-4-6-11(17-2)12(9)18-3/h4-7H,1-3H3,(H,15,16)/b10-7-. The van der Waals surface area contributed by atoms with Gasteiger partial charge in [0.25, 0.3) is 5.91 Å². The Morgan fingerprint density at radius 3 is 2.61 bits per heavy atom. The molecule has 0 spiro atoms. The van der Waals surface area contributed by atoms with Crippen molar-refractivity contribution in [2.75, 3.05) is 14.2 Å². The van der Waals surface area contributed by atoms with E-state index in [-0.39, 0.29) is 5.91 Å². The van der Waals surface area contributed by atoms with Gasteiger partial charge in [-0.15, -0.1) is 0 Å². The number of hydrazone groups is 1. The maximum atomic E-state index is 11.6. The zero-order chi connectivity index (χ0) is 13.1. The van der Waals surface area contributed by atoms with Crippen LogP contribution in [0.3, 0.4) is 0 Å². The molecule has 0 atom stereocenters. The Balaban J connectivity index is 2.49. The van der Waals surface area contributed by atoms with E-state index < -0.39 is 0 Å². The molecule has 1 aromatic rings. The molecule has 94 valence electrons. The second-order valence-corrected chi connectivity index (χ2v) is 3.78. The summed E-state index contributed by atoms with van der Waals surface area (Å²) in [6, 6.07) is 5.50. The van der Waals surface area contributed by atoms with Crippen LogP contribution in [0.15, 0.2) is 28.9 Å². The van der Waals surface area contributed by atoms with Crippen molar-refractivity contribution in [3.8, 4) is 11.5 Å². The Labute approximate surface area is 105 Å². The third-order valence-electron chi connectivity index (χ3n) is 2.69. The number of carbonyl (C=O) groups excluding carboxylic acids is 1. The number of rotatable bonds is 3. The Hall–Kier alpha value is -2.30. The highest BCUT2D eigenvalue weighted by Gasteiger charge is 2.19. The zero-order valence-electron chi connectivity index (χ0n) is 10.5. The highest BCUT2D eigenvalue weighted by Crippen LogP contribution is 2.32. The van der Waals surface area contributed by atoms with Crippen LogP contribution in [0.1, 0.15) is 12.5 Å². The molecule has 2 rings (SSSR count). The largest absolute Gasteiger partial charge is 0.493 e. The van der Waals surface area contributed by atoms with Crippen molar-refractivity contribution in [1.82, 2.24) is 5.43 Å². The topological polar surface area (TPSA) is 59.9 Å². The summed E-state index contributed by atoms with van der Waals surface area (Å²) >= 11 is 0. The van der Waals surface area contributed by atoms with Crippen LogP contribution in [0.25, 0.3) is 6.08 Å². The fraction of sp³-hybridized carbons (Fsp3) is 0.231. The van der Waals surface area contributed by atoms with Gasteiger partial charge in [0.1, 0.15) is 0 Å². The van der Waals surface area contributed by atoms with E-state index >= 15 is 0 Å². The summed E-state index contributed by atoms with van der Waals surface area (Å²) in [4.78, 5) is 11.6. The summed E-state index contributed by atoms with van der Waals surface area (Å²) in [5.74, 6) is 1.01. The summed E-state index contributed by atoms with van der Waals surface area (Å²) in [5.41, 5.74) is 4.38. The van der Waals surface area contributed by atoms with Crippen LogP contribution in [0.5, 0.6) is 11.5 Å². The first-order valence-corrected chi connectivity index (χ1v) is 5.45. The van der Waals surface area contributed by atoms with E-state index in [0.717, 1.165) is 5.56 Å². The van der Waals surface area contributed by atoms with Crippen molar-refractivity contribution in [2.24, 2.45) is 5.10 Å². The Kier molecular flexibility index (Phi) is 3.32. The monoisotopic (exact) mass is 246 g/mol. The van der Waals surface area contributed by atoms with Crippen LogP contribution in [-0.2, 0) is 4.79 Å². The average Bonchev–Trinajstić information content (AvgIpc) is 2.70. The molecule has 0 bridgehead atoms. The van der Waals surface area contributed by atoms with Gasteiger partial charge in [-0.25, -0.2) is 5.43 Å². The molecular weight excluding hydrogens is 232 g/mol. The fourth-order valence-corrected chi connectivity index (χ4v) is 1.77. The zero-order valence-corrected chi connectivity index (χ0v) is 10.5. The first-order valence-electron chi connectivity index (χ1n) is 5.45. The minimum atomic E-state index is -0.211. The first kappa shape index (κ1) is 12.2. The number of methoxy groups -OCH3 is 2. The molecule has 1 aromatic carbocycles. The van der Waals surface area contributed by atoms with Gasteiger partial charge < -0.3 is 9.47 Å². The molecule has 1 amide bonds. The van der Waals surface area contributed by atoms with Crippen LogP contribution in [-0.4, -0.2) is 25.8 Å². The number of hydrogen-bond acceptors (Lipinski definition) is 4. The summed E-state index contributed by atoms with van der Waals surface area (Å²) in [6.45, 7) is 1.77. The molecule has 0 aromatic heterocycles. The smallest absolute Gasteiger partial charge is 0.273 e. The SMILES string of the molecule is COc1cccc(/C=C2\C(=O)NN=C2C)c1OC. The van der Waals surface area contributed by atoms with E-state index in [1.165, 1.54) is 0 Å². The van der Waals surface area contributed by atoms with E-state index in [1.807, 2.05) is 12.1 Å². The van der Waals surface area contributed by atoms with Gasteiger partial charge in [-0.1, -0.05) is 12.1 Å². The summed E-state index contributed by atoms with van der Waals surface area (Å²) in [5, 5.41) is 3.87. The number of benzene rings is 1. The van der Waals surface area contributed by atoms with E-state index in [0.29, 0.717) is 22.8 Å². The molecule has 1 aliphatic rings. The number of hydrogen-bond donors (Lipinski definition) is 1. The van der Waals surface area contributed by atoms with Crippen molar-refractivity contribution in [1.29, 1.82) is 0 Å². The van der Waals surface area contributed by atoms with E-state index in [9.17, 15) is 4.79 Å². The third-order valence-corrected chi connectivity index (χ3v) is 2.69. The van der Waals surface area contributed by atoms with Crippen LogP contribution >= 0.6 is 0 Å². The Morgan fingerprint density at radius 2 is 2.06 bits per heavy atom. The number of carbonyl (C=O) groups is 1. The van der Waals surface area contributed by atoms with E-state index in [4.69, 9.17) is 9.47 Å². The second kappa shape index (κ2) is 4.91. The van der Waals surface area contributed by atoms with Crippen LogP contribution < -0.4 is 14.9 Å². The molecule has 5 heteroatoms. The molecule has 1 aliphatic heterocycles. The van der Waals surface area contributed by atoms with Gasteiger partial charge in [0.15, 0.2) is 11.5 Å². The van der Waals surface area contributed by atoms with Gasteiger partial charge in [-0.3, -0.25) is 4.79 Å². The Bertz CT molecular complexity index is 547. The molecule has 0 radical (unpaired) electrons. The van der Waals surface area contributed by atoms with Gasteiger partial charge in [0, 0.05) is 5.56 Å². The van der Waals surface area contributed by atoms with Gasteiger partial charge >= 0.3 is 0 Å². The lowest BCUT2D eigenvalue weighted by Crippen LogP contribution is -2.12. The molecular formula is C13H14N2O3. The lowest BCUT2D eigenvalue weighted by molar-refractivity contribution is -0.116. The highest BCUT2D eigenvalue weighted by molar-refractivity contribution is 6.26. The number of amides is 1. The van der Waals surface area contributed by atoms with Gasteiger partial charge in [0.05, 0.1) is 25.5 Å². The van der Waals surface area contributed by atoms with Crippen molar-refractivity contribution in [3.63, 3.8) is 0 Å². The van der Waals surface area contributed by atoms with Gasteiger partial charge in [-0.05, 0) is 19.1 Å². The van der Waals surface area contributed by atoms with E-state index in [2.05, 4.69) is 10.5 Å². The summed E-state index contributed by atoms with van der Waals surface area (Å²) in [7, 11) is 3.14. The van der Waals surface area contributed by atoms with Crippen molar-refractivity contribution in [2.45, 2.75) is 6.92 Å². The number of ether oxygens (including phenoxy) is 2. The molecule has 0 unspecified atom stereocenters. The normalized spacial score (nSPS) is 16.5. The van der Waals surface area contributed by atoms with Crippen molar-refractivity contribution in [3.05, 3.63) is 29.3 Å². The lowest BCUT2D eigenvalue weighted by Gasteiger charge is -2.10. The van der Waals surface area contributed by atoms with Crippen molar-refractivity contribution >= 4 is 17.7 Å². The second-order valence-electron chi connectivity index (χ2n) is 3.78. The first-order chi connectivity index (χ1) is 8.67. The van der Waals surface area contributed by atoms with Crippen LogP contribution in [0, 0.1) is 0 Å². The van der Waals surface area contributed by atoms with Crippen LogP contribution in [0.4, 0.5) is 0 Å². The molecule has 0 saturated carbocycles. The molecule has 1 heterocycles. The molecule has 1 N–H and O–H groups in total. The maximum absolute atomic E-state index is 11.6. The molecule has 5 nitrogen and oxygen atoms in total. The highest BCUT2D eigenvalue weighted by atomic mass is 16.5. The Morgan fingerprint density at radius 1 is 1.28 bits per heavy atom. The minimum absolute atomic E-state index is 0.211. The van der Waals surface area contributed by atoms with E-state index in [1.54, 1.807) is 33.3 Å². The maximum Gasteiger partial charge on any atom is 0.273 e. The molecule has 0 aliphatic carbocycles. The fourth-order valence-electron chi connectivity index (χ4n) is 1.77. The molecule has 0 saturated heterocycles. The third kappa shape index (κ3) is 2.07. The molecule has 18 heavy (non-hydrogen) atoms. The molecule has 0 fully saturated rings. The number of nitrogens with one attached hydrogen (secondary N) is 1. The summed E-state index contributed by atoms with van der Waals surface area (Å²) < 4.78 is 10.5. The number of nitrogens with zero attached hydrogens (tertiary/aromatic N) is 1. The lowest BCUT2D eigenvalue weighted by atomic mass is 10.1. The quantitative estimate of drug-likeness (QED) is 0.824. The predicted molar refractivity (Wildman–Crippen MR) is 68.8 cm³/mol. The van der Waals surface area contributed by atoms with Crippen molar-refractivity contribution < 1.29 is 14.3 Å². The summed E-state index contributed by atoms with van der Waals surface area (Å²) in [6.07, 6.45) is 1.74. The van der Waals surface area contributed by atoms with Gasteiger partial charge in [0.2, 0.25) is 0 Å². The predicted octanol–water partition coefficient (Wildman–Crippen LogP) is 1.59. The van der Waals surface area contributed by atoms with Crippen LogP contribution in [0.2, 0.25) is 0 Å².